The summed E-state index contributed by atoms with van der Waals surface area (Å²) in [5, 5.41) is 3.20. The highest BCUT2D eigenvalue weighted by atomic mass is 16.5. The Hall–Kier alpha value is -4.13. The standard InChI is InChI=1S/C26H25N3O4/c1-16-5-7-20(13-17(16)2)28-24-23(19-6-8-21(32-3)22(14-19)33-4)25(30)29(26(24)31)15-18-9-11-27-12-10-18/h5-14,28H,15H2,1-4H3. The van der Waals surface area contributed by atoms with Gasteiger partial charge in [0, 0.05) is 18.1 Å². The molecule has 0 saturated carbocycles. The predicted octanol–water partition coefficient (Wildman–Crippen LogP) is 4.11. The molecule has 0 aliphatic carbocycles. The minimum atomic E-state index is -0.389. The smallest absolute Gasteiger partial charge is 0.278 e. The zero-order valence-corrected chi connectivity index (χ0v) is 19.0. The van der Waals surface area contributed by atoms with Gasteiger partial charge < -0.3 is 14.8 Å². The summed E-state index contributed by atoms with van der Waals surface area (Å²) in [6, 6.07) is 14.6. The number of carbonyl (C=O) groups excluding carboxylic acids is 2. The van der Waals surface area contributed by atoms with Gasteiger partial charge in [-0.3, -0.25) is 19.5 Å². The van der Waals surface area contributed by atoms with E-state index in [1.807, 2.05) is 32.0 Å². The lowest BCUT2D eigenvalue weighted by Crippen LogP contribution is -2.32. The van der Waals surface area contributed by atoms with E-state index in [0.717, 1.165) is 22.4 Å². The number of imide groups is 1. The quantitative estimate of drug-likeness (QED) is 0.554. The number of pyridine rings is 1. The summed E-state index contributed by atoms with van der Waals surface area (Å²) >= 11 is 0. The summed E-state index contributed by atoms with van der Waals surface area (Å²) in [6.07, 6.45) is 3.27. The fourth-order valence-corrected chi connectivity index (χ4v) is 3.73. The lowest BCUT2D eigenvalue weighted by Gasteiger charge is -2.15. The Bertz CT molecular complexity index is 1250. The van der Waals surface area contributed by atoms with Gasteiger partial charge in [-0.2, -0.15) is 0 Å². The van der Waals surface area contributed by atoms with Crippen LogP contribution in [-0.2, 0) is 16.1 Å². The van der Waals surface area contributed by atoms with E-state index in [2.05, 4.69) is 10.3 Å². The van der Waals surface area contributed by atoms with Gasteiger partial charge in [0.25, 0.3) is 11.8 Å². The van der Waals surface area contributed by atoms with E-state index < -0.39 is 0 Å². The maximum atomic E-state index is 13.5. The van der Waals surface area contributed by atoms with Crippen LogP contribution in [0.25, 0.3) is 5.57 Å². The molecule has 3 aromatic rings. The van der Waals surface area contributed by atoms with Gasteiger partial charge in [0.15, 0.2) is 11.5 Å². The van der Waals surface area contributed by atoms with Crippen molar-refractivity contribution in [1.82, 2.24) is 9.88 Å². The van der Waals surface area contributed by atoms with Crippen LogP contribution < -0.4 is 14.8 Å². The van der Waals surface area contributed by atoms with E-state index in [4.69, 9.17) is 9.47 Å². The van der Waals surface area contributed by atoms with Crippen LogP contribution in [0, 0.1) is 13.8 Å². The third-order valence-corrected chi connectivity index (χ3v) is 5.71. The first-order valence-electron chi connectivity index (χ1n) is 10.5. The number of aromatic nitrogens is 1. The van der Waals surface area contributed by atoms with Crippen molar-refractivity contribution < 1.29 is 19.1 Å². The molecule has 1 N–H and O–H groups in total. The van der Waals surface area contributed by atoms with Crippen molar-refractivity contribution in [3.63, 3.8) is 0 Å². The average molecular weight is 444 g/mol. The molecule has 0 bridgehead atoms. The molecule has 7 heteroatoms. The number of anilines is 1. The van der Waals surface area contributed by atoms with Gasteiger partial charge in [-0.15, -0.1) is 0 Å². The Morgan fingerprint density at radius 2 is 1.58 bits per heavy atom. The van der Waals surface area contributed by atoms with Crippen LogP contribution >= 0.6 is 0 Å². The van der Waals surface area contributed by atoms with Crippen molar-refractivity contribution in [3.8, 4) is 11.5 Å². The summed E-state index contributed by atoms with van der Waals surface area (Å²) < 4.78 is 10.7. The fourth-order valence-electron chi connectivity index (χ4n) is 3.73. The average Bonchev–Trinajstić information content (AvgIpc) is 3.05. The van der Waals surface area contributed by atoms with Gasteiger partial charge in [0.1, 0.15) is 5.70 Å². The minimum Gasteiger partial charge on any atom is -0.493 e. The number of nitrogens with zero attached hydrogens (tertiary/aromatic N) is 2. The highest BCUT2D eigenvalue weighted by molar-refractivity contribution is 6.36. The van der Waals surface area contributed by atoms with Crippen molar-refractivity contribution in [2.24, 2.45) is 0 Å². The van der Waals surface area contributed by atoms with Gasteiger partial charge >= 0.3 is 0 Å². The molecule has 2 amide bonds. The van der Waals surface area contributed by atoms with E-state index in [0.29, 0.717) is 17.1 Å². The number of aryl methyl sites for hydroxylation is 2. The number of methoxy groups -OCH3 is 2. The van der Waals surface area contributed by atoms with Crippen molar-refractivity contribution in [1.29, 1.82) is 0 Å². The molecule has 0 atom stereocenters. The van der Waals surface area contributed by atoms with Crippen molar-refractivity contribution in [2.75, 3.05) is 19.5 Å². The lowest BCUT2D eigenvalue weighted by atomic mass is 10.0. The zero-order chi connectivity index (χ0) is 23.5. The van der Waals surface area contributed by atoms with Gasteiger partial charge in [0.05, 0.1) is 26.3 Å². The highest BCUT2D eigenvalue weighted by Crippen LogP contribution is 2.36. The minimum absolute atomic E-state index is 0.148. The van der Waals surface area contributed by atoms with Crippen LogP contribution in [0.4, 0.5) is 5.69 Å². The Labute approximate surface area is 192 Å². The summed E-state index contributed by atoms with van der Waals surface area (Å²) in [5.74, 6) is 0.243. The zero-order valence-electron chi connectivity index (χ0n) is 19.0. The first kappa shape index (κ1) is 22.1. The van der Waals surface area contributed by atoms with Crippen molar-refractivity contribution >= 4 is 23.1 Å². The Morgan fingerprint density at radius 3 is 2.24 bits per heavy atom. The second-order valence-electron chi connectivity index (χ2n) is 7.80. The first-order valence-corrected chi connectivity index (χ1v) is 10.5. The summed E-state index contributed by atoms with van der Waals surface area (Å²) in [6.45, 7) is 4.17. The van der Waals surface area contributed by atoms with E-state index in [-0.39, 0.29) is 29.6 Å². The third-order valence-electron chi connectivity index (χ3n) is 5.71. The molecule has 1 aliphatic heterocycles. The Morgan fingerprint density at radius 1 is 0.848 bits per heavy atom. The van der Waals surface area contributed by atoms with E-state index in [1.54, 1.807) is 49.8 Å². The topological polar surface area (TPSA) is 80.8 Å². The van der Waals surface area contributed by atoms with Crippen LogP contribution in [0.5, 0.6) is 11.5 Å². The van der Waals surface area contributed by atoms with Crippen LogP contribution in [-0.4, -0.2) is 35.9 Å². The molecule has 0 unspecified atom stereocenters. The van der Waals surface area contributed by atoms with Crippen LogP contribution in [0.1, 0.15) is 22.3 Å². The number of hydrogen-bond donors (Lipinski definition) is 1. The molecule has 0 saturated heterocycles. The Balaban J connectivity index is 1.79. The number of hydrogen-bond acceptors (Lipinski definition) is 6. The van der Waals surface area contributed by atoms with Crippen LogP contribution in [0.15, 0.2) is 66.6 Å². The Kier molecular flexibility index (Phi) is 6.13. The second kappa shape index (κ2) is 9.16. The second-order valence-corrected chi connectivity index (χ2v) is 7.80. The SMILES string of the molecule is COc1ccc(C2=C(Nc3ccc(C)c(C)c3)C(=O)N(Cc3ccncc3)C2=O)cc1OC. The molecule has 0 spiro atoms. The molecule has 0 radical (unpaired) electrons. The highest BCUT2D eigenvalue weighted by Gasteiger charge is 2.39. The summed E-state index contributed by atoms with van der Waals surface area (Å²) in [5.41, 5.74) is 4.84. The molecule has 1 aromatic heterocycles. The number of benzene rings is 2. The summed E-state index contributed by atoms with van der Waals surface area (Å²) in [7, 11) is 3.08. The number of amides is 2. The van der Waals surface area contributed by atoms with Crippen molar-refractivity contribution in [3.05, 3.63) is 88.9 Å². The van der Waals surface area contributed by atoms with Crippen LogP contribution in [0.2, 0.25) is 0 Å². The molecule has 4 rings (SSSR count). The molecule has 168 valence electrons. The van der Waals surface area contributed by atoms with Crippen molar-refractivity contribution in [2.45, 2.75) is 20.4 Å². The summed E-state index contributed by atoms with van der Waals surface area (Å²) in [4.78, 5) is 32.2. The fraction of sp³-hybridized carbons (Fsp3) is 0.192. The number of rotatable bonds is 7. The van der Waals surface area contributed by atoms with Gasteiger partial charge in [-0.25, -0.2) is 0 Å². The molecule has 1 aliphatic rings. The van der Waals surface area contributed by atoms with Crippen LogP contribution in [0.3, 0.4) is 0 Å². The van der Waals surface area contributed by atoms with Gasteiger partial charge in [0.2, 0.25) is 0 Å². The lowest BCUT2D eigenvalue weighted by molar-refractivity contribution is -0.137. The first-order chi connectivity index (χ1) is 15.9. The molecule has 7 nitrogen and oxygen atoms in total. The normalized spacial score (nSPS) is 13.5. The number of carbonyl (C=O) groups is 2. The molecule has 2 heterocycles. The largest absolute Gasteiger partial charge is 0.493 e. The monoisotopic (exact) mass is 443 g/mol. The molecule has 0 fully saturated rings. The number of ether oxygens (including phenoxy) is 2. The van der Waals surface area contributed by atoms with E-state index >= 15 is 0 Å². The van der Waals surface area contributed by atoms with E-state index in [9.17, 15) is 9.59 Å². The molecule has 2 aromatic carbocycles. The van der Waals surface area contributed by atoms with E-state index in [1.165, 1.54) is 12.0 Å². The van der Waals surface area contributed by atoms with Gasteiger partial charge in [-0.05, 0) is 72.5 Å². The third kappa shape index (κ3) is 4.30. The molecule has 33 heavy (non-hydrogen) atoms. The maximum Gasteiger partial charge on any atom is 0.278 e. The number of nitrogens with one attached hydrogen (secondary N) is 1. The predicted molar refractivity (Wildman–Crippen MR) is 126 cm³/mol. The molecular weight excluding hydrogens is 418 g/mol. The van der Waals surface area contributed by atoms with Gasteiger partial charge in [-0.1, -0.05) is 12.1 Å². The molecular formula is C26H25N3O4. The maximum absolute atomic E-state index is 13.5.